The SMILES string of the molecule is C=C(CC)c1cccc(Nc2ncnc3cc(OC4CCOC4)c4c(c23)OCCO4)c1. The minimum Gasteiger partial charge on any atom is -0.485 e. The van der Waals surface area contributed by atoms with E-state index in [0.717, 1.165) is 40.6 Å². The second-order valence-corrected chi connectivity index (χ2v) is 7.61. The summed E-state index contributed by atoms with van der Waals surface area (Å²) in [5.74, 6) is 2.48. The molecule has 3 heterocycles. The van der Waals surface area contributed by atoms with Crippen LogP contribution in [0.15, 0.2) is 43.2 Å². The number of ether oxygens (including phenoxy) is 4. The van der Waals surface area contributed by atoms with Crippen molar-refractivity contribution >= 4 is 28.0 Å². The number of benzene rings is 2. The summed E-state index contributed by atoms with van der Waals surface area (Å²) in [7, 11) is 0. The fourth-order valence-electron chi connectivity index (χ4n) is 3.83. The van der Waals surface area contributed by atoms with Gasteiger partial charge in [0.25, 0.3) is 0 Å². The van der Waals surface area contributed by atoms with Gasteiger partial charge in [-0.2, -0.15) is 0 Å². The van der Waals surface area contributed by atoms with Crippen LogP contribution in [0.5, 0.6) is 17.2 Å². The summed E-state index contributed by atoms with van der Waals surface area (Å²) in [4.78, 5) is 8.97. The summed E-state index contributed by atoms with van der Waals surface area (Å²) in [6, 6.07) is 10.0. The van der Waals surface area contributed by atoms with E-state index in [-0.39, 0.29) is 6.10 Å². The number of aromatic nitrogens is 2. The molecule has 0 saturated carbocycles. The number of fused-ring (bicyclic) bond motifs is 3. The molecule has 2 aliphatic heterocycles. The first-order chi connectivity index (χ1) is 15.2. The van der Waals surface area contributed by atoms with Gasteiger partial charge in [0.2, 0.25) is 5.75 Å². The minimum absolute atomic E-state index is 0.000846. The molecule has 2 aromatic carbocycles. The number of hydrogen-bond donors (Lipinski definition) is 1. The Morgan fingerprint density at radius 2 is 2.03 bits per heavy atom. The zero-order chi connectivity index (χ0) is 21.2. The standard InChI is InChI=1S/C24H25N3O4/c1-3-15(2)16-5-4-6-17(11-16)27-24-21-19(25-14-26-24)12-20(31-18-7-8-28-13-18)22-23(21)30-10-9-29-22/h4-6,11-12,14,18H,2-3,7-10,13H2,1H3,(H,25,26,27). The van der Waals surface area contributed by atoms with E-state index in [4.69, 9.17) is 18.9 Å². The van der Waals surface area contributed by atoms with Gasteiger partial charge in [-0.3, -0.25) is 0 Å². The van der Waals surface area contributed by atoms with Gasteiger partial charge in [0.1, 0.15) is 31.5 Å². The fourth-order valence-corrected chi connectivity index (χ4v) is 3.83. The average Bonchev–Trinajstić information content (AvgIpc) is 3.32. The van der Waals surface area contributed by atoms with Crippen LogP contribution >= 0.6 is 0 Å². The van der Waals surface area contributed by atoms with E-state index in [2.05, 4.69) is 40.9 Å². The average molecular weight is 419 g/mol. The molecule has 7 nitrogen and oxygen atoms in total. The maximum atomic E-state index is 6.17. The predicted molar refractivity (Wildman–Crippen MR) is 119 cm³/mol. The lowest BCUT2D eigenvalue weighted by Gasteiger charge is -2.24. The lowest BCUT2D eigenvalue weighted by molar-refractivity contribution is 0.128. The Labute approximate surface area is 181 Å². The molecule has 7 heteroatoms. The number of allylic oxidation sites excluding steroid dienone is 1. The normalized spacial score (nSPS) is 17.5. The second-order valence-electron chi connectivity index (χ2n) is 7.61. The van der Waals surface area contributed by atoms with Gasteiger partial charge in [0.15, 0.2) is 11.5 Å². The molecule has 31 heavy (non-hydrogen) atoms. The van der Waals surface area contributed by atoms with Gasteiger partial charge < -0.3 is 24.3 Å². The van der Waals surface area contributed by atoms with E-state index in [1.807, 2.05) is 18.2 Å². The second kappa shape index (κ2) is 8.43. The van der Waals surface area contributed by atoms with Crippen molar-refractivity contribution in [1.82, 2.24) is 9.97 Å². The first-order valence-electron chi connectivity index (χ1n) is 10.6. The Balaban J connectivity index is 1.56. The smallest absolute Gasteiger partial charge is 0.204 e. The highest BCUT2D eigenvalue weighted by atomic mass is 16.6. The van der Waals surface area contributed by atoms with E-state index in [0.29, 0.717) is 49.5 Å². The largest absolute Gasteiger partial charge is 0.485 e. The first-order valence-corrected chi connectivity index (χ1v) is 10.6. The molecule has 1 saturated heterocycles. The molecular weight excluding hydrogens is 394 g/mol. The molecule has 0 aliphatic carbocycles. The Bertz CT molecular complexity index is 1130. The Hall–Kier alpha value is -3.32. The van der Waals surface area contributed by atoms with Gasteiger partial charge >= 0.3 is 0 Å². The van der Waals surface area contributed by atoms with Crippen LogP contribution in [0.4, 0.5) is 11.5 Å². The predicted octanol–water partition coefficient (Wildman–Crippen LogP) is 4.74. The number of hydrogen-bond acceptors (Lipinski definition) is 7. The third-order valence-corrected chi connectivity index (χ3v) is 5.52. The minimum atomic E-state index is 0.000846. The molecule has 1 unspecified atom stereocenters. The summed E-state index contributed by atoms with van der Waals surface area (Å²) < 4.78 is 23.6. The number of nitrogens with one attached hydrogen (secondary N) is 1. The lowest BCUT2D eigenvalue weighted by Crippen LogP contribution is -2.20. The van der Waals surface area contributed by atoms with E-state index in [9.17, 15) is 0 Å². The number of rotatable bonds is 6. The highest BCUT2D eigenvalue weighted by Crippen LogP contribution is 2.47. The Morgan fingerprint density at radius 3 is 2.84 bits per heavy atom. The summed E-state index contributed by atoms with van der Waals surface area (Å²) in [5.41, 5.74) is 3.83. The monoisotopic (exact) mass is 419 g/mol. The van der Waals surface area contributed by atoms with Crippen LogP contribution in [0.25, 0.3) is 16.5 Å². The molecule has 0 bridgehead atoms. The fraction of sp³-hybridized carbons (Fsp3) is 0.333. The van der Waals surface area contributed by atoms with Crippen molar-refractivity contribution in [3.05, 3.63) is 48.8 Å². The van der Waals surface area contributed by atoms with Gasteiger partial charge in [0, 0.05) is 18.2 Å². The zero-order valence-electron chi connectivity index (χ0n) is 17.5. The van der Waals surface area contributed by atoms with Gasteiger partial charge in [-0.05, 0) is 29.7 Å². The molecule has 5 rings (SSSR count). The highest BCUT2D eigenvalue weighted by molar-refractivity contribution is 5.99. The van der Waals surface area contributed by atoms with Gasteiger partial charge in [-0.15, -0.1) is 0 Å². The van der Waals surface area contributed by atoms with Crippen LogP contribution in [0, 0.1) is 0 Å². The summed E-state index contributed by atoms with van der Waals surface area (Å²) in [6.07, 6.45) is 3.29. The maximum Gasteiger partial charge on any atom is 0.204 e. The highest BCUT2D eigenvalue weighted by Gasteiger charge is 2.27. The van der Waals surface area contributed by atoms with Crippen LogP contribution in [0.3, 0.4) is 0 Å². The lowest BCUT2D eigenvalue weighted by atomic mass is 10.0. The van der Waals surface area contributed by atoms with Crippen LogP contribution in [0.1, 0.15) is 25.3 Å². The third-order valence-electron chi connectivity index (χ3n) is 5.52. The van der Waals surface area contributed by atoms with Crippen molar-refractivity contribution in [1.29, 1.82) is 0 Å². The van der Waals surface area contributed by atoms with E-state index < -0.39 is 0 Å². The quantitative estimate of drug-likeness (QED) is 0.619. The van der Waals surface area contributed by atoms with Crippen molar-refractivity contribution in [2.24, 2.45) is 0 Å². The van der Waals surface area contributed by atoms with E-state index >= 15 is 0 Å². The third kappa shape index (κ3) is 3.88. The summed E-state index contributed by atoms with van der Waals surface area (Å²) in [5, 5.41) is 4.19. The molecule has 160 valence electrons. The molecule has 1 aromatic heterocycles. The molecule has 2 aliphatic rings. The Morgan fingerprint density at radius 1 is 1.16 bits per heavy atom. The van der Waals surface area contributed by atoms with Crippen molar-refractivity contribution < 1.29 is 18.9 Å². The van der Waals surface area contributed by atoms with Crippen molar-refractivity contribution in [2.45, 2.75) is 25.9 Å². The topological polar surface area (TPSA) is 74.7 Å². The molecule has 0 spiro atoms. The number of anilines is 2. The van der Waals surface area contributed by atoms with E-state index in [1.165, 1.54) is 6.33 Å². The molecule has 3 aromatic rings. The van der Waals surface area contributed by atoms with Gasteiger partial charge in [-0.1, -0.05) is 25.6 Å². The van der Waals surface area contributed by atoms with Gasteiger partial charge in [0.05, 0.1) is 24.1 Å². The molecule has 1 N–H and O–H groups in total. The van der Waals surface area contributed by atoms with E-state index in [1.54, 1.807) is 0 Å². The van der Waals surface area contributed by atoms with Crippen molar-refractivity contribution in [3.63, 3.8) is 0 Å². The van der Waals surface area contributed by atoms with Crippen LogP contribution in [-0.4, -0.2) is 42.5 Å². The maximum absolute atomic E-state index is 6.17. The molecule has 0 amide bonds. The zero-order valence-corrected chi connectivity index (χ0v) is 17.5. The molecule has 1 fully saturated rings. The van der Waals surface area contributed by atoms with Gasteiger partial charge in [-0.25, -0.2) is 9.97 Å². The van der Waals surface area contributed by atoms with Crippen LogP contribution in [-0.2, 0) is 4.74 Å². The van der Waals surface area contributed by atoms with Crippen LogP contribution < -0.4 is 19.5 Å². The molecule has 0 radical (unpaired) electrons. The first kappa shape index (κ1) is 19.6. The van der Waals surface area contributed by atoms with Crippen molar-refractivity contribution in [2.75, 3.05) is 31.7 Å². The molecular formula is C24H25N3O4. The van der Waals surface area contributed by atoms with Crippen molar-refractivity contribution in [3.8, 4) is 17.2 Å². The van der Waals surface area contributed by atoms with Crippen LogP contribution in [0.2, 0.25) is 0 Å². The summed E-state index contributed by atoms with van der Waals surface area (Å²) >= 11 is 0. The molecule has 1 atom stereocenters. The summed E-state index contributed by atoms with van der Waals surface area (Å²) in [6.45, 7) is 8.44. The number of nitrogens with zero attached hydrogens (tertiary/aromatic N) is 2. The Kier molecular flexibility index (Phi) is 5.34.